The molecule has 0 fully saturated rings. The van der Waals surface area contributed by atoms with Crippen LogP contribution in [0.1, 0.15) is 75.6 Å². The number of rotatable bonds is 21. The number of aliphatic imine (C=N–C) groups is 1. The maximum atomic E-state index is 13.4. The van der Waals surface area contributed by atoms with Gasteiger partial charge < -0.3 is 48.4 Å². The van der Waals surface area contributed by atoms with Gasteiger partial charge in [-0.25, -0.2) is 0 Å². The number of carbonyl (C=O) groups is 5. The quantitative estimate of drug-likeness (QED) is 0.0378. The summed E-state index contributed by atoms with van der Waals surface area (Å²) >= 11 is 0. The minimum absolute atomic E-state index is 0.0908. The number of aldehydes is 1. The minimum Gasteiger partial charge on any atom is -0.391 e. The highest BCUT2D eigenvalue weighted by molar-refractivity contribution is 5.98. The van der Waals surface area contributed by atoms with E-state index in [4.69, 9.17) is 17.2 Å². The van der Waals surface area contributed by atoms with Crippen molar-refractivity contribution in [1.29, 1.82) is 0 Å². The smallest absolute Gasteiger partial charge is 0.251 e. The van der Waals surface area contributed by atoms with Gasteiger partial charge in [0, 0.05) is 12.1 Å². The van der Waals surface area contributed by atoms with Crippen molar-refractivity contribution in [3.8, 4) is 0 Å². The molecule has 0 aliphatic carbocycles. The summed E-state index contributed by atoms with van der Waals surface area (Å²) in [5, 5.41) is 20.8. The summed E-state index contributed by atoms with van der Waals surface area (Å²) in [6.07, 6.45) is 2.96. The van der Waals surface area contributed by atoms with Crippen LogP contribution in [-0.4, -0.2) is 84.3 Å². The lowest BCUT2D eigenvalue weighted by molar-refractivity contribution is -0.135. The van der Waals surface area contributed by atoms with E-state index in [0.29, 0.717) is 50.5 Å². The fraction of sp³-hybridized carbons (Fsp3) is 0.586. The second-order valence-corrected chi connectivity index (χ2v) is 10.3. The van der Waals surface area contributed by atoms with Gasteiger partial charge in [0.1, 0.15) is 24.4 Å². The van der Waals surface area contributed by atoms with E-state index >= 15 is 0 Å². The van der Waals surface area contributed by atoms with E-state index in [1.807, 2.05) is 6.92 Å². The zero-order valence-electron chi connectivity index (χ0n) is 25.1. The molecule has 240 valence electrons. The van der Waals surface area contributed by atoms with Crippen molar-refractivity contribution in [2.24, 2.45) is 22.2 Å². The molecule has 0 saturated heterocycles. The SMILES string of the molecule is CCCC[C@H](NC(=O)c1ccccc1)C(=O)N[C@@H](CCCCN)C(=O)N[C@H](C(=O)N[C@H](C=O)CCCN=C(N)N)[C@@H](C)O. The number of hydrogen-bond acceptors (Lipinski definition) is 8. The molecule has 11 N–H and O–H groups in total. The summed E-state index contributed by atoms with van der Waals surface area (Å²) in [6, 6.07) is 4.19. The minimum atomic E-state index is -1.41. The molecule has 0 aliphatic rings. The van der Waals surface area contributed by atoms with Crippen LogP contribution in [0, 0.1) is 0 Å². The maximum absolute atomic E-state index is 13.4. The van der Waals surface area contributed by atoms with Gasteiger partial charge in [0.2, 0.25) is 17.7 Å². The molecule has 0 unspecified atom stereocenters. The zero-order chi connectivity index (χ0) is 32.2. The number of guanidine groups is 1. The Morgan fingerprint density at radius 3 is 2.07 bits per heavy atom. The molecule has 1 aromatic carbocycles. The molecule has 0 bridgehead atoms. The molecule has 0 spiro atoms. The van der Waals surface area contributed by atoms with Gasteiger partial charge in [0.05, 0.1) is 12.1 Å². The van der Waals surface area contributed by atoms with E-state index in [-0.39, 0.29) is 25.3 Å². The van der Waals surface area contributed by atoms with E-state index in [2.05, 4.69) is 26.3 Å². The number of hydrogen-bond donors (Lipinski definition) is 8. The molecule has 5 atom stereocenters. The number of nitrogens with two attached hydrogens (primary N) is 3. The number of benzene rings is 1. The van der Waals surface area contributed by atoms with Gasteiger partial charge in [-0.1, -0.05) is 38.0 Å². The number of amides is 4. The van der Waals surface area contributed by atoms with Gasteiger partial charge in [0.15, 0.2) is 5.96 Å². The summed E-state index contributed by atoms with van der Waals surface area (Å²) in [4.78, 5) is 67.8. The van der Waals surface area contributed by atoms with Crippen molar-refractivity contribution in [3.05, 3.63) is 35.9 Å². The number of aliphatic hydroxyl groups is 1. The first kappa shape index (κ1) is 37.0. The molecular formula is C29H48N8O6. The van der Waals surface area contributed by atoms with Crippen molar-refractivity contribution >= 4 is 35.9 Å². The molecular weight excluding hydrogens is 556 g/mol. The molecule has 0 aromatic heterocycles. The van der Waals surface area contributed by atoms with Crippen LogP contribution in [0.2, 0.25) is 0 Å². The van der Waals surface area contributed by atoms with Crippen molar-refractivity contribution in [2.75, 3.05) is 13.1 Å². The standard InChI is InChI=1S/C29H48N8O6/c1-3-4-14-22(35-25(40)20-11-6-5-7-12-20)26(41)36-23(15-8-9-16-30)27(42)37-24(19(2)39)28(43)34-21(18-38)13-10-17-33-29(31)32/h5-7,11-12,18-19,21-24,39H,3-4,8-10,13-17,30H2,1-2H3,(H,34,43)(H,35,40)(H,36,41)(H,37,42)(H4,31,32,33)/t19-,21+,22+,23+,24+/m1/s1. The fourth-order valence-electron chi connectivity index (χ4n) is 4.17. The Labute approximate surface area is 253 Å². The highest BCUT2D eigenvalue weighted by atomic mass is 16.3. The van der Waals surface area contributed by atoms with Crippen molar-refractivity contribution < 1.29 is 29.1 Å². The van der Waals surface area contributed by atoms with Gasteiger partial charge >= 0.3 is 0 Å². The number of nitrogens with one attached hydrogen (secondary N) is 4. The Hall–Kier alpha value is -4.04. The van der Waals surface area contributed by atoms with E-state index < -0.39 is 53.9 Å². The van der Waals surface area contributed by atoms with Gasteiger partial charge in [-0.05, 0) is 64.1 Å². The summed E-state index contributed by atoms with van der Waals surface area (Å²) < 4.78 is 0. The predicted molar refractivity (Wildman–Crippen MR) is 164 cm³/mol. The van der Waals surface area contributed by atoms with Crippen LogP contribution in [0.4, 0.5) is 0 Å². The van der Waals surface area contributed by atoms with Crippen LogP contribution in [0.3, 0.4) is 0 Å². The van der Waals surface area contributed by atoms with Crippen molar-refractivity contribution in [3.63, 3.8) is 0 Å². The Morgan fingerprint density at radius 1 is 0.860 bits per heavy atom. The van der Waals surface area contributed by atoms with Gasteiger partial charge in [-0.15, -0.1) is 0 Å². The Balaban J connectivity index is 3.01. The molecule has 0 saturated carbocycles. The van der Waals surface area contributed by atoms with Crippen molar-refractivity contribution in [1.82, 2.24) is 21.3 Å². The normalized spacial score (nSPS) is 14.2. The Morgan fingerprint density at radius 2 is 1.49 bits per heavy atom. The van der Waals surface area contributed by atoms with Crippen LogP contribution in [-0.2, 0) is 19.2 Å². The molecule has 14 nitrogen and oxygen atoms in total. The second kappa shape index (κ2) is 20.8. The summed E-state index contributed by atoms with van der Waals surface area (Å²) in [6.45, 7) is 3.91. The molecule has 1 aromatic rings. The average Bonchev–Trinajstić information content (AvgIpc) is 2.98. The molecule has 14 heteroatoms. The first-order valence-corrected chi connectivity index (χ1v) is 14.7. The molecule has 43 heavy (non-hydrogen) atoms. The second-order valence-electron chi connectivity index (χ2n) is 10.3. The lowest BCUT2D eigenvalue weighted by Gasteiger charge is -2.27. The van der Waals surface area contributed by atoms with E-state index in [0.717, 1.165) is 6.42 Å². The van der Waals surface area contributed by atoms with Gasteiger partial charge in [0.25, 0.3) is 5.91 Å². The fourth-order valence-corrected chi connectivity index (χ4v) is 4.17. The van der Waals surface area contributed by atoms with E-state index in [1.54, 1.807) is 30.3 Å². The molecule has 1 rings (SSSR count). The van der Waals surface area contributed by atoms with Crippen LogP contribution >= 0.6 is 0 Å². The number of carbonyl (C=O) groups excluding carboxylic acids is 5. The third-order valence-corrected chi connectivity index (χ3v) is 6.61. The summed E-state index contributed by atoms with van der Waals surface area (Å²) in [5.74, 6) is -2.54. The van der Waals surface area contributed by atoms with Gasteiger partial charge in [-0.2, -0.15) is 0 Å². The number of nitrogens with zero attached hydrogens (tertiary/aromatic N) is 1. The first-order valence-electron chi connectivity index (χ1n) is 14.7. The first-order chi connectivity index (χ1) is 20.5. The largest absolute Gasteiger partial charge is 0.391 e. The zero-order valence-corrected chi connectivity index (χ0v) is 25.1. The van der Waals surface area contributed by atoms with Crippen molar-refractivity contribution in [2.45, 2.75) is 95.5 Å². The molecule has 0 radical (unpaired) electrons. The lowest BCUT2D eigenvalue weighted by Crippen LogP contribution is -2.59. The lowest BCUT2D eigenvalue weighted by atomic mass is 10.0. The van der Waals surface area contributed by atoms with Gasteiger partial charge in [-0.3, -0.25) is 24.2 Å². The predicted octanol–water partition coefficient (Wildman–Crippen LogP) is -0.808. The topological polar surface area (TPSA) is 244 Å². The summed E-state index contributed by atoms with van der Waals surface area (Å²) in [7, 11) is 0. The highest BCUT2D eigenvalue weighted by Crippen LogP contribution is 2.08. The third kappa shape index (κ3) is 14.6. The molecule has 0 aliphatic heterocycles. The third-order valence-electron chi connectivity index (χ3n) is 6.61. The van der Waals surface area contributed by atoms with E-state index in [9.17, 15) is 29.1 Å². The van der Waals surface area contributed by atoms with Crippen LogP contribution in [0.5, 0.6) is 0 Å². The molecule has 0 heterocycles. The van der Waals surface area contributed by atoms with Crippen LogP contribution in [0.25, 0.3) is 0 Å². The monoisotopic (exact) mass is 604 g/mol. The van der Waals surface area contributed by atoms with Crippen LogP contribution in [0.15, 0.2) is 35.3 Å². The summed E-state index contributed by atoms with van der Waals surface area (Å²) in [5.41, 5.74) is 16.6. The maximum Gasteiger partial charge on any atom is 0.251 e. The number of aliphatic hydroxyl groups excluding tert-OH is 1. The number of unbranched alkanes of at least 4 members (excludes halogenated alkanes) is 2. The Bertz CT molecular complexity index is 1050. The highest BCUT2D eigenvalue weighted by Gasteiger charge is 2.32. The van der Waals surface area contributed by atoms with E-state index in [1.165, 1.54) is 6.92 Å². The molecule has 4 amide bonds. The Kier molecular flexibility index (Phi) is 17.9. The average molecular weight is 605 g/mol. The van der Waals surface area contributed by atoms with Crippen LogP contribution < -0.4 is 38.5 Å².